The Kier molecular flexibility index (Phi) is 4.53. The zero-order valence-corrected chi connectivity index (χ0v) is 12.5. The number of hydrogen-bond donors (Lipinski definition) is 1. The first-order valence-corrected chi connectivity index (χ1v) is 7.91. The van der Waals surface area contributed by atoms with Crippen molar-refractivity contribution < 1.29 is 14.1 Å². The first-order valence-electron chi connectivity index (χ1n) is 7.91. The molecular weight excluding hydrogens is 270 g/mol. The molecule has 0 spiro atoms. The highest BCUT2D eigenvalue weighted by Gasteiger charge is 2.31. The molecule has 1 N–H and O–H groups in total. The number of carbonyl (C=O) groups is 1. The molecule has 3 rings (SSSR count). The van der Waals surface area contributed by atoms with Gasteiger partial charge in [-0.1, -0.05) is 24.4 Å². The Morgan fingerprint density at radius 1 is 1.29 bits per heavy atom. The van der Waals surface area contributed by atoms with Crippen molar-refractivity contribution in [2.75, 3.05) is 7.11 Å². The van der Waals surface area contributed by atoms with Crippen molar-refractivity contribution in [3.63, 3.8) is 0 Å². The van der Waals surface area contributed by atoms with Crippen molar-refractivity contribution in [3.05, 3.63) is 11.7 Å². The normalized spacial score (nSPS) is 26.3. The third-order valence-corrected chi connectivity index (χ3v) is 4.45. The second-order valence-corrected chi connectivity index (χ2v) is 6.08. The number of nitrogens with one attached hydrogen (secondary N) is 1. The van der Waals surface area contributed by atoms with E-state index in [1.54, 1.807) is 0 Å². The van der Waals surface area contributed by atoms with Gasteiger partial charge in [0.05, 0.1) is 19.6 Å². The third kappa shape index (κ3) is 3.61. The van der Waals surface area contributed by atoms with E-state index in [2.05, 4.69) is 15.5 Å². The summed E-state index contributed by atoms with van der Waals surface area (Å²) in [5, 5.41) is 7.44. The molecule has 2 aliphatic carbocycles. The second kappa shape index (κ2) is 6.56. The highest BCUT2D eigenvalue weighted by Crippen LogP contribution is 2.38. The predicted octanol–water partition coefficient (Wildman–Crippen LogP) is 2.16. The van der Waals surface area contributed by atoms with E-state index in [1.165, 1.54) is 13.5 Å². The van der Waals surface area contributed by atoms with Crippen LogP contribution in [0, 0.1) is 5.92 Å². The molecule has 116 valence electrons. The lowest BCUT2D eigenvalue weighted by atomic mass is 9.95. The summed E-state index contributed by atoms with van der Waals surface area (Å²) in [5.41, 5.74) is 0. The number of methoxy groups -OCH3 is 1. The van der Waals surface area contributed by atoms with Gasteiger partial charge in [-0.15, -0.1) is 0 Å². The fourth-order valence-electron chi connectivity index (χ4n) is 3.04. The highest BCUT2D eigenvalue weighted by molar-refractivity contribution is 5.73. The molecule has 1 aromatic heterocycles. The van der Waals surface area contributed by atoms with Crippen LogP contribution in [0.1, 0.15) is 62.6 Å². The molecule has 21 heavy (non-hydrogen) atoms. The van der Waals surface area contributed by atoms with Crippen molar-refractivity contribution in [2.24, 2.45) is 5.92 Å². The van der Waals surface area contributed by atoms with Gasteiger partial charge in [-0.2, -0.15) is 4.98 Å². The average molecular weight is 293 g/mol. The van der Waals surface area contributed by atoms with E-state index in [0.29, 0.717) is 18.3 Å². The molecule has 0 radical (unpaired) electrons. The molecule has 0 unspecified atom stereocenters. The highest BCUT2D eigenvalue weighted by atomic mass is 16.5. The molecule has 0 amide bonds. The number of ether oxygens (including phenoxy) is 1. The van der Waals surface area contributed by atoms with E-state index in [0.717, 1.165) is 44.4 Å². The van der Waals surface area contributed by atoms with E-state index >= 15 is 0 Å². The van der Waals surface area contributed by atoms with E-state index in [4.69, 9.17) is 9.26 Å². The van der Waals surface area contributed by atoms with E-state index in [1.807, 2.05) is 0 Å². The molecule has 2 atom stereocenters. The number of esters is 1. The van der Waals surface area contributed by atoms with Gasteiger partial charge in [0.15, 0.2) is 5.82 Å². The summed E-state index contributed by atoms with van der Waals surface area (Å²) < 4.78 is 10.2. The fourth-order valence-corrected chi connectivity index (χ4v) is 3.04. The quantitative estimate of drug-likeness (QED) is 0.662. The fraction of sp³-hybridized carbons (Fsp3) is 0.800. The minimum atomic E-state index is -0.110. The molecule has 0 aliphatic heterocycles. The van der Waals surface area contributed by atoms with Gasteiger partial charge in [-0.05, 0) is 25.7 Å². The van der Waals surface area contributed by atoms with Crippen molar-refractivity contribution in [1.82, 2.24) is 15.5 Å². The van der Waals surface area contributed by atoms with Gasteiger partial charge in [0.2, 0.25) is 5.89 Å². The van der Waals surface area contributed by atoms with Crippen LogP contribution in [0.2, 0.25) is 0 Å². The number of nitrogens with zero attached hydrogens (tertiary/aromatic N) is 2. The monoisotopic (exact) mass is 293 g/mol. The van der Waals surface area contributed by atoms with E-state index in [9.17, 15) is 4.79 Å². The SMILES string of the molecule is COC(=O)[C@H]1CCCCC[C@H]1NCc1noc(C2CC2)n1. The molecule has 2 saturated carbocycles. The maximum atomic E-state index is 11.9. The smallest absolute Gasteiger partial charge is 0.310 e. The Labute approximate surface area is 124 Å². The first-order chi connectivity index (χ1) is 10.3. The van der Waals surface area contributed by atoms with Crippen molar-refractivity contribution in [2.45, 2.75) is 63.5 Å². The second-order valence-electron chi connectivity index (χ2n) is 6.08. The largest absolute Gasteiger partial charge is 0.469 e. The Hall–Kier alpha value is -1.43. The van der Waals surface area contributed by atoms with Crippen LogP contribution in [0.3, 0.4) is 0 Å². The van der Waals surface area contributed by atoms with Crippen molar-refractivity contribution >= 4 is 5.97 Å². The van der Waals surface area contributed by atoms with Gasteiger partial charge in [0, 0.05) is 12.0 Å². The number of carbonyl (C=O) groups excluding carboxylic acids is 1. The van der Waals surface area contributed by atoms with Crippen LogP contribution in [0.15, 0.2) is 4.52 Å². The minimum absolute atomic E-state index is 0.0627. The lowest BCUT2D eigenvalue weighted by molar-refractivity contribution is -0.146. The van der Waals surface area contributed by atoms with Crippen molar-refractivity contribution in [1.29, 1.82) is 0 Å². The zero-order valence-electron chi connectivity index (χ0n) is 12.5. The topological polar surface area (TPSA) is 77.2 Å². The Bertz CT molecular complexity index is 484. The summed E-state index contributed by atoms with van der Waals surface area (Å²) in [6, 6.07) is 0.142. The van der Waals surface area contributed by atoms with Crippen LogP contribution in [0.25, 0.3) is 0 Å². The first kappa shape index (κ1) is 14.5. The maximum absolute atomic E-state index is 11.9. The zero-order chi connectivity index (χ0) is 14.7. The summed E-state index contributed by atoms with van der Waals surface area (Å²) in [6.45, 7) is 0.550. The van der Waals surface area contributed by atoms with Gasteiger partial charge in [0.1, 0.15) is 0 Å². The summed E-state index contributed by atoms with van der Waals surface area (Å²) >= 11 is 0. The number of aromatic nitrogens is 2. The molecule has 1 aromatic rings. The summed E-state index contributed by atoms with van der Waals surface area (Å²) in [5.74, 6) is 1.75. The Morgan fingerprint density at radius 3 is 2.86 bits per heavy atom. The number of rotatable bonds is 5. The standard InChI is InChI=1S/C15H23N3O3/c1-20-15(19)11-5-3-2-4-6-12(11)16-9-13-17-14(21-18-13)10-7-8-10/h10-12,16H,2-9H2,1H3/t11-,12+/m0/s1. The van der Waals surface area contributed by atoms with Gasteiger partial charge in [-0.25, -0.2) is 0 Å². The van der Waals surface area contributed by atoms with Crippen LogP contribution in [0.5, 0.6) is 0 Å². The lowest BCUT2D eigenvalue weighted by Gasteiger charge is -2.23. The molecule has 6 heteroatoms. The van der Waals surface area contributed by atoms with Crippen molar-refractivity contribution in [3.8, 4) is 0 Å². The molecule has 6 nitrogen and oxygen atoms in total. The van der Waals surface area contributed by atoms with E-state index < -0.39 is 0 Å². The molecule has 0 bridgehead atoms. The van der Waals surface area contributed by atoms with Crippen LogP contribution < -0.4 is 5.32 Å². The molecular formula is C15H23N3O3. The summed E-state index contributed by atoms with van der Waals surface area (Å²) in [4.78, 5) is 16.3. The van der Waals surface area contributed by atoms with Crippen LogP contribution >= 0.6 is 0 Å². The molecule has 2 fully saturated rings. The van der Waals surface area contributed by atoms with Gasteiger partial charge < -0.3 is 14.6 Å². The van der Waals surface area contributed by atoms with Gasteiger partial charge >= 0.3 is 5.97 Å². The summed E-state index contributed by atoms with van der Waals surface area (Å²) in [7, 11) is 1.46. The van der Waals surface area contributed by atoms with Gasteiger partial charge in [-0.3, -0.25) is 4.79 Å². The van der Waals surface area contributed by atoms with Crippen LogP contribution in [0.4, 0.5) is 0 Å². The summed E-state index contributed by atoms with van der Waals surface area (Å²) in [6.07, 6.45) is 7.61. The van der Waals surface area contributed by atoms with E-state index in [-0.39, 0.29) is 17.9 Å². The molecule has 1 heterocycles. The van der Waals surface area contributed by atoms with Gasteiger partial charge in [0.25, 0.3) is 0 Å². The molecule has 0 aromatic carbocycles. The Morgan fingerprint density at radius 2 is 2.10 bits per heavy atom. The number of hydrogen-bond acceptors (Lipinski definition) is 6. The Balaban J connectivity index is 1.58. The average Bonchev–Trinajstić information content (AvgIpc) is 3.29. The molecule has 2 aliphatic rings. The van der Waals surface area contributed by atoms with Crippen LogP contribution in [-0.4, -0.2) is 29.3 Å². The predicted molar refractivity (Wildman–Crippen MR) is 75.5 cm³/mol. The maximum Gasteiger partial charge on any atom is 0.310 e. The van der Waals surface area contributed by atoms with Crippen LogP contribution in [-0.2, 0) is 16.1 Å². The third-order valence-electron chi connectivity index (χ3n) is 4.45. The molecule has 0 saturated heterocycles. The lowest BCUT2D eigenvalue weighted by Crippen LogP contribution is -2.39. The minimum Gasteiger partial charge on any atom is -0.469 e.